The molecule has 0 aliphatic heterocycles. The summed E-state index contributed by atoms with van der Waals surface area (Å²) in [4.78, 5) is 20.0. The van der Waals surface area contributed by atoms with Gasteiger partial charge in [-0.25, -0.2) is 4.98 Å². The summed E-state index contributed by atoms with van der Waals surface area (Å²) in [6.45, 7) is 0. The van der Waals surface area contributed by atoms with Crippen molar-refractivity contribution in [3.63, 3.8) is 0 Å². The maximum Gasteiger partial charge on any atom is 0.252 e. The molecule has 0 aliphatic rings. The largest absolute Gasteiger partial charge is 0.480 e. The molecule has 0 N–H and O–H groups in total. The fourth-order valence-electron chi connectivity index (χ4n) is 1.31. The fourth-order valence-corrected chi connectivity index (χ4v) is 1.45. The Bertz CT molecular complexity index is 582. The normalized spacial score (nSPS) is 10.2. The number of hydrogen-bond donors (Lipinski definition) is 0. The molecule has 0 aliphatic carbocycles. The number of aromatic nitrogens is 2. The molecule has 0 unspecified atom stereocenters. The molecule has 2 rings (SSSR count). The van der Waals surface area contributed by atoms with Crippen LogP contribution in [-0.2, 0) is 0 Å². The Balaban J connectivity index is 2.41. The Hall–Kier alpha value is -2.08. The number of carbonyl (C=O) groups excluding carboxylic acids is 1. The van der Waals surface area contributed by atoms with E-state index in [1.807, 2.05) is 0 Å². The number of nitrogens with zero attached hydrogens (tertiary/aromatic N) is 2. The van der Waals surface area contributed by atoms with Crippen LogP contribution < -0.4 is 9.47 Å². The molecule has 7 heteroatoms. The Morgan fingerprint density at radius 2 is 2.11 bits per heavy atom. The van der Waals surface area contributed by atoms with Crippen LogP contribution in [0.25, 0.3) is 0 Å². The van der Waals surface area contributed by atoms with Gasteiger partial charge in [-0.05, 0) is 23.7 Å². The molecule has 0 saturated carbocycles. The molecule has 0 saturated heterocycles. The van der Waals surface area contributed by atoms with Crippen molar-refractivity contribution in [3.8, 4) is 11.8 Å². The van der Waals surface area contributed by atoms with Crippen LogP contribution in [0.4, 0.5) is 0 Å². The first kappa shape index (κ1) is 12.4. The Labute approximate surface area is 108 Å². The topological polar surface area (TPSA) is 74.5 Å². The van der Waals surface area contributed by atoms with Crippen molar-refractivity contribution < 1.29 is 18.7 Å². The average molecular weight is 269 g/mol. The molecule has 2 aromatic rings. The van der Waals surface area contributed by atoms with E-state index in [0.717, 1.165) is 0 Å². The van der Waals surface area contributed by atoms with Gasteiger partial charge in [-0.15, -0.1) is 0 Å². The summed E-state index contributed by atoms with van der Waals surface area (Å²) < 4.78 is 14.9. The zero-order chi connectivity index (χ0) is 13.1. The number of ketones is 1. The van der Waals surface area contributed by atoms with E-state index in [-0.39, 0.29) is 28.4 Å². The fraction of sp³-hybridized carbons (Fsp3) is 0.182. The predicted octanol–water partition coefficient (Wildman–Crippen LogP) is 1.97. The summed E-state index contributed by atoms with van der Waals surface area (Å²) in [5.74, 6) is -0.0839. The molecule has 94 valence electrons. The van der Waals surface area contributed by atoms with E-state index >= 15 is 0 Å². The van der Waals surface area contributed by atoms with Gasteiger partial charge in [-0.2, -0.15) is 4.98 Å². The lowest BCUT2D eigenvalue weighted by Gasteiger charge is -2.05. The van der Waals surface area contributed by atoms with Crippen LogP contribution in [-0.4, -0.2) is 30.0 Å². The van der Waals surface area contributed by atoms with E-state index < -0.39 is 5.78 Å². The molecule has 2 aromatic heterocycles. The third-order valence-corrected chi connectivity index (χ3v) is 2.34. The van der Waals surface area contributed by atoms with Gasteiger partial charge < -0.3 is 13.9 Å². The lowest BCUT2D eigenvalue weighted by atomic mass is 10.2. The van der Waals surface area contributed by atoms with E-state index in [0.29, 0.717) is 0 Å². The second-order valence-electron chi connectivity index (χ2n) is 3.20. The van der Waals surface area contributed by atoms with Crippen LogP contribution in [0.1, 0.15) is 16.2 Å². The number of ether oxygens (including phenoxy) is 2. The summed E-state index contributed by atoms with van der Waals surface area (Å²) in [7, 11) is 2.83. The molecule has 0 fully saturated rings. The minimum Gasteiger partial charge on any atom is -0.480 e. The molecule has 0 atom stereocenters. The van der Waals surface area contributed by atoms with Gasteiger partial charge in [0.2, 0.25) is 11.8 Å². The zero-order valence-corrected chi connectivity index (χ0v) is 10.4. The lowest BCUT2D eigenvalue weighted by molar-refractivity contribution is 0.1000. The SMILES string of the molecule is COc1cnc(C(=O)c2ccc(Cl)o2)c(OC)n1. The third-order valence-electron chi connectivity index (χ3n) is 2.13. The van der Waals surface area contributed by atoms with Gasteiger partial charge in [0.1, 0.15) is 0 Å². The minimum absolute atomic E-state index is 0.0318. The maximum absolute atomic E-state index is 12.1. The summed E-state index contributed by atoms with van der Waals surface area (Å²) >= 11 is 5.61. The number of furan rings is 1. The Kier molecular flexibility index (Phi) is 3.47. The Morgan fingerprint density at radius 3 is 2.67 bits per heavy atom. The summed E-state index contributed by atoms with van der Waals surface area (Å²) in [5, 5.41) is 0.124. The van der Waals surface area contributed by atoms with E-state index in [4.69, 9.17) is 25.5 Å². The van der Waals surface area contributed by atoms with Gasteiger partial charge >= 0.3 is 0 Å². The molecular weight excluding hydrogens is 260 g/mol. The lowest BCUT2D eigenvalue weighted by Crippen LogP contribution is -2.08. The quantitative estimate of drug-likeness (QED) is 0.789. The van der Waals surface area contributed by atoms with Crippen molar-refractivity contribution in [3.05, 3.63) is 35.0 Å². The number of carbonyl (C=O) groups is 1. The monoisotopic (exact) mass is 268 g/mol. The second-order valence-corrected chi connectivity index (χ2v) is 3.58. The summed E-state index contributed by atoms with van der Waals surface area (Å²) in [6, 6.07) is 2.92. The molecule has 6 nitrogen and oxygen atoms in total. The molecule has 18 heavy (non-hydrogen) atoms. The second kappa shape index (κ2) is 5.05. The highest BCUT2D eigenvalue weighted by atomic mass is 35.5. The van der Waals surface area contributed by atoms with Crippen molar-refractivity contribution in [2.24, 2.45) is 0 Å². The molecule has 0 radical (unpaired) electrons. The van der Waals surface area contributed by atoms with Crippen molar-refractivity contribution in [2.45, 2.75) is 0 Å². The standard InChI is InChI=1S/C11H9ClN2O4/c1-16-8-5-13-9(11(14-8)17-2)10(15)6-3-4-7(12)18-6/h3-5H,1-2H3. The number of methoxy groups -OCH3 is 2. The van der Waals surface area contributed by atoms with E-state index in [1.54, 1.807) is 0 Å². The van der Waals surface area contributed by atoms with Crippen molar-refractivity contribution in [1.29, 1.82) is 0 Å². The zero-order valence-electron chi connectivity index (χ0n) is 9.64. The van der Waals surface area contributed by atoms with Crippen LogP contribution in [0.3, 0.4) is 0 Å². The third kappa shape index (κ3) is 2.28. The maximum atomic E-state index is 12.1. The van der Waals surface area contributed by atoms with Crippen LogP contribution in [0.15, 0.2) is 22.7 Å². The van der Waals surface area contributed by atoms with Crippen LogP contribution >= 0.6 is 11.6 Å². The van der Waals surface area contributed by atoms with Gasteiger partial charge in [0, 0.05) is 0 Å². The molecule has 0 spiro atoms. The number of rotatable bonds is 4. The summed E-state index contributed by atoms with van der Waals surface area (Å²) in [5.41, 5.74) is 0.0318. The van der Waals surface area contributed by atoms with Gasteiger partial charge in [0.15, 0.2) is 16.7 Å². The van der Waals surface area contributed by atoms with E-state index in [1.165, 1.54) is 32.5 Å². The molecule has 0 bridgehead atoms. The van der Waals surface area contributed by atoms with Crippen molar-refractivity contribution in [1.82, 2.24) is 9.97 Å². The van der Waals surface area contributed by atoms with Gasteiger partial charge in [0.25, 0.3) is 5.78 Å². The number of halogens is 1. The predicted molar refractivity (Wildman–Crippen MR) is 62.3 cm³/mol. The summed E-state index contributed by atoms with van der Waals surface area (Å²) in [6.07, 6.45) is 1.32. The van der Waals surface area contributed by atoms with Crippen LogP contribution in [0.5, 0.6) is 11.8 Å². The minimum atomic E-state index is -0.464. The Morgan fingerprint density at radius 1 is 1.33 bits per heavy atom. The van der Waals surface area contributed by atoms with Gasteiger partial charge in [-0.3, -0.25) is 4.79 Å². The smallest absolute Gasteiger partial charge is 0.252 e. The molecular formula is C11H9ClN2O4. The first-order valence-electron chi connectivity index (χ1n) is 4.90. The molecule has 2 heterocycles. The van der Waals surface area contributed by atoms with Crippen molar-refractivity contribution in [2.75, 3.05) is 14.2 Å². The first-order chi connectivity index (χ1) is 8.65. The van der Waals surface area contributed by atoms with E-state index in [2.05, 4.69) is 9.97 Å². The highest BCUT2D eigenvalue weighted by Crippen LogP contribution is 2.22. The molecule has 0 aromatic carbocycles. The van der Waals surface area contributed by atoms with Crippen molar-refractivity contribution >= 4 is 17.4 Å². The first-order valence-corrected chi connectivity index (χ1v) is 5.28. The van der Waals surface area contributed by atoms with E-state index in [9.17, 15) is 4.79 Å². The van der Waals surface area contributed by atoms with Gasteiger partial charge in [0.05, 0.1) is 20.4 Å². The van der Waals surface area contributed by atoms with Gasteiger partial charge in [-0.1, -0.05) is 0 Å². The average Bonchev–Trinajstić information content (AvgIpc) is 2.83. The highest BCUT2D eigenvalue weighted by Gasteiger charge is 2.21. The molecule has 0 amide bonds. The number of hydrogen-bond acceptors (Lipinski definition) is 6. The highest BCUT2D eigenvalue weighted by molar-refractivity contribution is 6.29. The van der Waals surface area contributed by atoms with Crippen LogP contribution in [0, 0.1) is 0 Å². The van der Waals surface area contributed by atoms with Crippen LogP contribution in [0.2, 0.25) is 5.22 Å².